The summed E-state index contributed by atoms with van der Waals surface area (Å²) in [5, 5.41) is 2.48. The molecular formula is C16H13F3N2O3S. The van der Waals surface area contributed by atoms with Gasteiger partial charge in [-0.1, -0.05) is 12.1 Å². The smallest absolute Gasteiger partial charge is 0.262 e. The highest BCUT2D eigenvalue weighted by atomic mass is 32.2. The molecule has 0 aliphatic carbocycles. The standard InChI is InChI=1S/C16H13F3N2O3S/c1-2-8-20-16(22)10-4-3-5-11(9-10)25(23,24)21-13-7-6-12(17)14(18)15(13)19/h2-7,9,21H,1,8H2,(H,20,22). The van der Waals surface area contributed by atoms with Gasteiger partial charge in [0.15, 0.2) is 17.5 Å². The minimum atomic E-state index is -4.32. The Kier molecular flexibility index (Phi) is 5.48. The molecule has 9 heteroatoms. The number of hydrogen-bond acceptors (Lipinski definition) is 3. The Labute approximate surface area is 142 Å². The molecule has 0 saturated heterocycles. The van der Waals surface area contributed by atoms with E-state index in [1.54, 1.807) is 0 Å². The number of rotatable bonds is 6. The van der Waals surface area contributed by atoms with Gasteiger partial charge in [0.25, 0.3) is 15.9 Å². The summed E-state index contributed by atoms with van der Waals surface area (Å²) in [6, 6.07) is 6.29. The Bertz CT molecular complexity index is 930. The molecule has 0 saturated carbocycles. The maximum atomic E-state index is 13.6. The van der Waals surface area contributed by atoms with Gasteiger partial charge in [-0.15, -0.1) is 6.58 Å². The second kappa shape index (κ2) is 7.39. The number of carbonyl (C=O) groups excluding carboxylic acids is 1. The molecule has 2 aromatic rings. The van der Waals surface area contributed by atoms with Crippen LogP contribution in [0.25, 0.3) is 0 Å². The zero-order valence-corrected chi connectivity index (χ0v) is 13.5. The summed E-state index contributed by atoms with van der Waals surface area (Å²) >= 11 is 0. The normalized spacial score (nSPS) is 11.0. The molecule has 0 unspecified atom stereocenters. The molecule has 2 N–H and O–H groups in total. The first kappa shape index (κ1) is 18.5. The third-order valence-electron chi connectivity index (χ3n) is 3.09. The summed E-state index contributed by atoms with van der Waals surface area (Å²) in [6.07, 6.45) is 1.45. The summed E-state index contributed by atoms with van der Waals surface area (Å²) in [7, 11) is -4.32. The van der Waals surface area contributed by atoms with Gasteiger partial charge in [0, 0.05) is 12.1 Å². The van der Waals surface area contributed by atoms with Crippen LogP contribution in [0, 0.1) is 17.5 Å². The average Bonchev–Trinajstić information content (AvgIpc) is 2.60. The van der Waals surface area contributed by atoms with E-state index in [2.05, 4.69) is 11.9 Å². The highest BCUT2D eigenvalue weighted by Crippen LogP contribution is 2.23. The fourth-order valence-corrected chi connectivity index (χ4v) is 2.98. The van der Waals surface area contributed by atoms with Crippen molar-refractivity contribution < 1.29 is 26.4 Å². The predicted molar refractivity (Wildman–Crippen MR) is 86.1 cm³/mol. The van der Waals surface area contributed by atoms with Gasteiger partial charge >= 0.3 is 0 Å². The van der Waals surface area contributed by atoms with E-state index in [0.29, 0.717) is 6.07 Å². The Hall–Kier alpha value is -2.81. The van der Waals surface area contributed by atoms with Gasteiger partial charge in [0.05, 0.1) is 10.6 Å². The fourth-order valence-electron chi connectivity index (χ4n) is 1.88. The molecule has 25 heavy (non-hydrogen) atoms. The van der Waals surface area contributed by atoms with Crippen molar-refractivity contribution in [1.29, 1.82) is 0 Å². The van der Waals surface area contributed by atoms with Crippen molar-refractivity contribution in [3.05, 3.63) is 72.1 Å². The highest BCUT2D eigenvalue weighted by molar-refractivity contribution is 7.92. The lowest BCUT2D eigenvalue weighted by Crippen LogP contribution is -2.23. The maximum absolute atomic E-state index is 13.6. The number of sulfonamides is 1. The van der Waals surface area contributed by atoms with E-state index >= 15 is 0 Å². The van der Waals surface area contributed by atoms with E-state index in [1.807, 2.05) is 4.72 Å². The lowest BCUT2D eigenvalue weighted by Gasteiger charge is -2.10. The largest absolute Gasteiger partial charge is 0.349 e. The fraction of sp³-hybridized carbons (Fsp3) is 0.0625. The number of halogens is 3. The molecule has 0 aliphatic rings. The Morgan fingerprint density at radius 1 is 1.12 bits per heavy atom. The quantitative estimate of drug-likeness (QED) is 0.607. The van der Waals surface area contributed by atoms with Crippen LogP contribution in [0.15, 0.2) is 53.9 Å². The zero-order chi connectivity index (χ0) is 18.6. The van der Waals surface area contributed by atoms with Crippen LogP contribution in [0.2, 0.25) is 0 Å². The lowest BCUT2D eigenvalue weighted by atomic mass is 10.2. The van der Waals surface area contributed by atoms with Gasteiger partial charge in [0.2, 0.25) is 0 Å². The Morgan fingerprint density at radius 2 is 1.84 bits per heavy atom. The Morgan fingerprint density at radius 3 is 2.52 bits per heavy atom. The van der Waals surface area contributed by atoms with Crippen molar-refractivity contribution >= 4 is 21.6 Å². The molecule has 2 aromatic carbocycles. The van der Waals surface area contributed by atoms with E-state index in [4.69, 9.17) is 0 Å². The second-order valence-corrected chi connectivity index (χ2v) is 6.54. The predicted octanol–water partition coefficient (Wildman–Crippen LogP) is 2.82. The molecule has 0 fully saturated rings. The molecule has 5 nitrogen and oxygen atoms in total. The molecule has 0 aromatic heterocycles. The first-order chi connectivity index (χ1) is 11.8. The van der Waals surface area contributed by atoms with Gasteiger partial charge < -0.3 is 5.32 Å². The number of carbonyl (C=O) groups is 1. The molecule has 0 heterocycles. The van der Waals surface area contributed by atoms with E-state index in [-0.39, 0.29) is 17.0 Å². The summed E-state index contributed by atoms with van der Waals surface area (Å²) in [5.74, 6) is -5.43. The van der Waals surface area contributed by atoms with Crippen molar-refractivity contribution in [2.45, 2.75) is 4.90 Å². The topological polar surface area (TPSA) is 75.3 Å². The second-order valence-electron chi connectivity index (χ2n) is 4.85. The molecule has 2 rings (SSSR count). The molecule has 0 bridgehead atoms. The molecule has 0 spiro atoms. The average molecular weight is 370 g/mol. The van der Waals surface area contributed by atoms with E-state index in [0.717, 1.165) is 12.1 Å². The number of benzene rings is 2. The van der Waals surface area contributed by atoms with Gasteiger partial charge in [-0.25, -0.2) is 21.6 Å². The first-order valence-corrected chi connectivity index (χ1v) is 8.40. The van der Waals surface area contributed by atoms with E-state index in [1.165, 1.54) is 24.3 Å². The van der Waals surface area contributed by atoms with Crippen LogP contribution < -0.4 is 10.0 Å². The lowest BCUT2D eigenvalue weighted by molar-refractivity contribution is 0.0958. The van der Waals surface area contributed by atoms with Gasteiger partial charge in [-0.05, 0) is 30.3 Å². The van der Waals surface area contributed by atoms with Gasteiger partial charge in [-0.2, -0.15) is 0 Å². The molecular weight excluding hydrogens is 357 g/mol. The monoisotopic (exact) mass is 370 g/mol. The molecule has 0 aliphatic heterocycles. The highest BCUT2D eigenvalue weighted by Gasteiger charge is 2.21. The first-order valence-electron chi connectivity index (χ1n) is 6.91. The van der Waals surface area contributed by atoms with Crippen molar-refractivity contribution in [2.24, 2.45) is 0 Å². The molecule has 0 radical (unpaired) electrons. The minimum absolute atomic E-state index is 0.0514. The van der Waals surface area contributed by atoms with Crippen LogP contribution in [0.5, 0.6) is 0 Å². The molecule has 0 atom stereocenters. The third-order valence-corrected chi connectivity index (χ3v) is 4.46. The maximum Gasteiger partial charge on any atom is 0.262 e. The third kappa shape index (κ3) is 4.18. The number of amides is 1. The van der Waals surface area contributed by atoms with Gasteiger partial charge in [0.1, 0.15) is 0 Å². The van der Waals surface area contributed by atoms with Crippen LogP contribution in [0.4, 0.5) is 18.9 Å². The number of anilines is 1. The summed E-state index contributed by atoms with van der Waals surface area (Å²) in [4.78, 5) is 11.5. The van der Waals surface area contributed by atoms with Crippen molar-refractivity contribution in [2.75, 3.05) is 11.3 Å². The van der Waals surface area contributed by atoms with Crippen molar-refractivity contribution in [3.8, 4) is 0 Å². The van der Waals surface area contributed by atoms with Crippen LogP contribution in [-0.2, 0) is 10.0 Å². The zero-order valence-electron chi connectivity index (χ0n) is 12.7. The van der Waals surface area contributed by atoms with Crippen LogP contribution >= 0.6 is 0 Å². The van der Waals surface area contributed by atoms with Crippen molar-refractivity contribution in [3.63, 3.8) is 0 Å². The molecule has 1 amide bonds. The summed E-state index contributed by atoms with van der Waals surface area (Å²) < 4.78 is 66.2. The number of hydrogen-bond donors (Lipinski definition) is 2. The van der Waals surface area contributed by atoms with Crippen LogP contribution in [-0.4, -0.2) is 20.9 Å². The molecule has 132 valence electrons. The minimum Gasteiger partial charge on any atom is -0.349 e. The summed E-state index contributed by atoms with van der Waals surface area (Å²) in [5.41, 5.74) is -0.698. The van der Waals surface area contributed by atoms with Gasteiger partial charge in [-0.3, -0.25) is 9.52 Å². The Balaban J connectivity index is 2.33. The van der Waals surface area contributed by atoms with Crippen LogP contribution in [0.1, 0.15) is 10.4 Å². The van der Waals surface area contributed by atoms with Crippen LogP contribution in [0.3, 0.4) is 0 Å². The van der Waals surface area contributed by atoms with E-state index < -0.39 is 39.1 Å². The summed E-state index contributed by atoms with van der Waals surface area (Å²) in [6.45, 7) is 3.63. The van der Waals surface area contributed by atoms with Crippen molar-refractivity contribution in [1.82, 2.24) is 5.32 Å². The SMILES string of the molecule is C=CCNC(=O)c1cccc(S(=O)(=O)Nc2ccc(F)c(F)c2F)c1. The number of nitrogens with one attached hydrogen (secondary N) is 2. The van der Waals surface area contributed by atoms with E-state index in [9.17, 15) is 26.4 Å².